The van der Waals surface area contributed by atoms with E-state index in [1.54, 1.807) is 18.1 Å². The second-order valence-electron chi connectivity index (χ2n) is 5.68. The van der Waals surface area contributed by atoms with Crippen LogP contribution in [0.5, 0.6) is 0 Å². The fraction of sp³-hybridized carbons (Fsp3) is 0.150. The number of fused-ring (bicyclic) bond motifs is 1. The summed E-state index contributed by atoms with van der Waals surface area (Å²) in [5.74, 6) is 2.06. The minimum absolute atomic E-state index is 0.209. The van der Waals surface area contributed by atoms with Gasteiger partial charge >= 0.3 is 5.97 Å². The summed E-state index contributed by atoms with van der Waals surface area (Å²) in [6.45, 7) is 1.89. The molecule has 5 nitrogen and oxygen atoms in total. The lowest BCUT2D eigenvalue weighted by molar-refractivity contribution is 0.0599. The summed E-state index contributed by atoms with van der Waals surface area (Å²) < 4.78 is 10.4. The average molecular weight is 335 g/mol. The van der Waals surface area contributed by atoms with E-state index < -0.39 is 5.97 Å². The molecule has 0 aliphatic rings. The van der Waals surface area contributed by atoms with E-state index in [0.717, 1.165) is 27.9 Å². The number of methoxy groups -OCH3 is 1. The van der Waals surface area contributed by atoms with Crippen LogP contribution in [0.4, 0.5) is 5.69 Å². The molecule has 0 amide bonds. The van der Waals surface area contributed by atoms with Crippen molar-refractivity contribution in [1.82, 2.24) is 0 Å². The molecule has 3 rings (SSSR count). The van der Waals surface area contributed by atoms with Crippen molar-refractivity contribution in [3.8, 4) is 11.1 Å². The van der Waals surface area contributed by atoms with Gasteiger partial charge in [-0.05, 0) is 42.3 Å². The number of aryl methyl sites for hydroxylation is 1. The van der Waals surface area contributed by atoms with E-state index in [4.69, 9.17) is 14.9 Å². The Morgan fingerprint density at radius 1 is 1.28 bits per heavy atom. The summed E-state index contributed by atoms with van der Waals surface area (Å²) in [6, 6.07) is 11.2. The van der Waals surface area contributed by atoms with Gasteiger partial charge in [0.25, 0.3) is 0 Å². The van der Waals surface area contributed by atoms with Gasteiger partial charge in [0.15, 0.2) is 0 Å². The highest BCUT2D eigenvalue weighted by atomic mass is 16.5. The Morgan fingerprint density at radius 3 is 2.80 bits per heavy atom. The van der Waals surface area contributed by atoms with Crippen molar-refractivity contribution in [1.29, 1.82) is 0 Å². The fourth-order valence-corrected chi connectivity index (χ4v) is 2.92. The maximum absolute atomic E-state index is 12.0. The summed E-state index contributed by atoms with van der Waals surface area (Å²) in [7, 11) is 1.31. The lowest BCUT2D eigenvalue weighted by Gasteiger charge is -2.14. The van der Waals surface area contributed by atoms with Crippen molar-refractivity contribution in [2.45, 2.75) is 13.3 Å². The predicted octanol–water partition coefficient (Wildman–Crippen LogP) is 3.71. The third kappa shape index (κ3) is 3.05. The van der Waals surface area contributed by atoms with Crippen LogP contribution in [0.25, 0.3) is 22.1 Å². The molecule has 0 fully saturated rings. The number of carbonyl (C=O) groups excluding carboxylic acids is 2. The first-order chi connectivity index (χ1) is 12.0. The Kier molecular flexibility index (Phi) is 4.42. The Morgan fingerprint density at radius 2 is 2.08 bits per heavy atom. The number of carbonyl (C=O) groups is 1. The molecule has 0 aliphatic heterocycles. The number of anilines is 1. The van der Waals surface area contributed by atoms with Gasteiger partial charge in [-0.25, -0.2) is 9.59 Å². The number of nitrogen functional groups attached to an aromatic ring is 1. The van der Waals surface area contributed by atoms with Gasteiger partial charge in [0, 0.05) is 29.1 Å². The second kappa shape index (κ2) is 6.67. The Bertz CT molecular complexity index is 1010. The molecule has 25 heavy (non-hydrogen) atoms. The van der Waals surface area contributed by atoms with Gasteiger partial charge in [-0.15, -0.1) is 0 Å². The smallest absolute Gasteiger partial charge is 0.338 e. The highest BCUT2D eigenvalue weighted by Gasteiger charge is 2.17. The number of ether oxygens (including phenoxy) is 1. The molecule has 0 radical (unpaired) electrons. The van der Waals surface area contributed by atoms with Gasteiger partial charge in [-0.1, -0.05) is 12.1 Å². The van der Waals surface area contributed by atoms with E-state index in [-0.39, 0.29) is 6.42 Å². The van der Waals surface area contributed by atoms with Crippen LogP contribution in [-0.4, -0.2) is 19.0 Å². The predicted molar refractivity (Wildman–Crippen MR) is 96.1 cm³/mol. The van der Waals surface area contributed by atoms with Crippen molar-refractivity contribution in [3.05, 3.63) is 59.4 Å². The van der Waals surface area contributed by atoms with Gasteiger partial charge in [0.2, 0.25) is 0 Å². The fourth-order valence-electron chi connectivity index (χ4n) is 2.92. The number of esters is 1. The molecule has 0 spiro atoms. The molecule has 1 heterocycles. The normalized spacial score (nSPS) is 10.5. The zero-order chi connectivity index (χ0) is 18.0. The summed E-state index contributed by atoms with van der Waals surface area (Å²) in [4.78, 5) is 22.6. The molecule has 2 aromatic carbocycles. The SMILES string of the molecule is COC(=O)c1ccc(-c2ccc3oc(C)cc3c2)c(N)c1CC=C=O. The molecule has 0 saturated carbocycles. The van der Waals surface area contributed by atoms with E-state index in [9.17, 15) is 9.59 Å². The molecule has 0 bridgehead atoms. The summed E-state index contributed by atoms with van der Waals surface area (Å²) in [5.41, 5.74) is 10.1. The van der Waals surface area contributed by atoms with Crippen molar-refractivity contribution in [2.24, 2.45) is 0 Å². The quantitative estimate of drug-likeness (QED) is 0.446. The standard InChI is InChI=1S/C20H17NO4/c1-12-10-14-11-13(5-8-18(14)25-12)15-6-7-17(20(23)24-2)16(19(15)21)4-3-9-22/h3,5-8,10-11H,4,21H2,1-2H3. The van der Waals surface area contributed by atoms with Crippen LogP contribution in [0, 0.1) is 6.92 Å². The van der Waals surface area contributed by atoms with Crippen LogP contribution in [0.2, 0.25) is 0 Å². The van der Waals surface area contributed by atoms with Crippen molar-refractivity contribution in [3.63, 3.8) is 0 Å². The Balaban J connectivity index is 2.17. The van der Waals surface area contributed by atoms with E-state index in [1.165, 1.54) is 13.2 Å². The number of hydrogen-bond acceptors (Lipinski definition) is 5. The number of rotatable bonds is 4. The summed E-state index contributed by atoms with van der Waals surface area (Å²) in [5, 5.41) is 0.973. The molecule has 0 aliphatic carbocycles. The molecular weight excluding hydrogens is 318 g/mol. The third-order valence-electron chi connectivity index (χ3n) is 4.10. The molecule has 3 aromatic rings. The number of nitrogens with two attached hydrogens (primary N) is 1. The van der Waals surface area contributed by atoms with E-state index in [0.29, 0.717) is 16.8 Å². The summed E-state index contributed by atoms with van der Waals surface area (Å²) >= 11 is 0. The molecule has 1 aromatic heterocycles. The Labute approximate surface area is 144 Å². The van der Waals surface area contributed by atoms with Crippen LogP contribution in [0.15, 0.2) is 46.9 Å². The lowest BCUT2D eigenvalue weighted by atomic mass is 9.94. The van der Waals surface area contributed by atoms with Crippen LogP contribution < -0.4 is 5.73 Å². The first-order valence-electron chi connectivity index (χ1n) is 7.74. The zero-order valence-electron chi connectivity index (χ0n) is 14.0. The topological polar surface area (TPSA) is 82.5 Å². The first-order valence-corrected chi connectivity index (χ1v) is 7.74. The number of allylic oxidation sites excluding steroid dienone is 1. The van der Waals surface area contributed by atoms with Crippen molar-refractivity contribution in [2.75, 3.05) is 12.8 Å². The van der Waals surface area contributed by atoms with Crippen LogP contribution >= 0.6 is 0 Å². The monoisotopic (exact) mass is 335 g/mol. The molecule has 2 N–H and O–H groups in total. The Hall–Kier alpha value is -3.30. The molecule has 5 heteroatoms. The lowest BCUT2D eigenvalue weighted by Crippen LogP contribution is -2.09. The highest BCUT2D eigenvalue weighted by molar-refractivity contribution is 5.96. The third-order valence-corrected chi connectivity index (χ3v) is 4.10. The molecular formula is C20H17NO4. The first kappa shape index (κ1) is 16.6. The number of furan rings is 1. The van der Waals surface area contributed by atoms with Crippen molar-refractivity contribution < 1.29 is 18.7 Å². The van der Waals surface area contributed by atoms with E-state index >= 15 is 0 Å². The number of benzene rings is 2. The summed E-state index contributed by atoms with van der Waals surface area (Å²) in [6.07, 6.45) is 1.51. The maximum atomic E-state index is 12.0. The molecule has 0 unspecified atom stereocenters. The van der Waals surface area contributed by atoms with Crippen molar-refractivity contribution >= 4 is 28.6 Å². The number of hydrogen-bond donors (Lipinski definition) is 1. The van der Waals surface area contributed by atoms with Gasteiger partial charge in [0.05, 0.1) is 12.7 Å². The largest absolute Gasteiger partial charge is 0.465 e. The van der Waals surface area contributed by atoms with Crippen LogP contribution in [0.3, 0.4) is 0 Å². The van der Waals surface area contributed by atoms with Crippen LogP contribution in [-0.2, 0) is 16.0 Å². The van der Waals surface area contributed by atoms with Gasteiger partial charge in [-0.3, -0.25) is 0 Å². The minimum atomic E-state index is -0.492. The molecule has 126 valence electrons. The van der Waals surface area contributed by atoms with Gasteiger partial charge in [0.1, 0.15) is 17.3 Å². The average Bonchev–Trinajstić information content (AvgIpc) is 2.98. The van der Waals surface area contributed by atoms with E-state index in [1.807, 2.05) is 31.2 Å². The molecule has 0 atom stereocenters. The maximum Gasteiger partial charge on any atom is 0.338 e. The van der Waals surface area contributed by atoms with Crippen LogP contribution in [0.1, 0.15) is 21.7 Å². The van der Waals surface area contributed by atoms with E-state index in [2.05, 4.69) is 0 Å². The van der Waals surface area contributed by atoms with Gasteiger partial charge < -0.3 is 14.9 Å². The molecule has 0 saturated heterocycles. The van der Waals surface area contributed by atoms with Gasteiger partial charge in [-0.2, -0.15) is 0 Å². The minimum Gasteiger partial charge on any atom is -0.465 e. The second-order valence-corrected chi connectivity index (χ2v) is 5.68. The zero-order valence-corrected chi connectivity index (χ0v) is 14.0. The highest BCUT2D eigenvalue weighted by Crippen LogP contribution is 2.34.